The zero-order valence-corrected chi connectivity index (χ0v) is 18.8. The molecule has 2 N–H and O–H groups in total. The Kier molecular flexibility index (Phi) is 13.4. The van der Waals surface area contributed by atoms with Crippen LogP contribution in [0.2, 0.25) is 0 Å². The van der Waals surface area contributed by atoms with Crippen LogP contribution >= 0.6 is 0 Å². The molecule has 1 rings (SSSR count). The molecule has 0 aliphatic rings. The number of nitrogens with zero attached hydrogens (tertiary/aromatic N) is 2. The van der Waals surface area contributed by atoms with E-state index in [-0.39, 0.29) is 0 Å². The van der Waals surface area contributed by atoms with Crippen molar-refractivity contribution in [2.75, 3.05) is 22.9 Å². The fraction of sp³-hybridized carbons (Fsp3) is 0.667. The van der Waals surface area contributed by atoms with Crippen LogP contribution in [0, 0.1) is 0 Å². The third-order valence-electron chi connectivity index (χ3n) is 5.40. The molecule has 1 aromatic carbocycles. The van der Waals surface area contributed by atoms with Gasteiger partial charge in [0.2, 0.25) is 0 Å². The highest BCUT2D eigenvalue weighted by atomic mass is 16.4. The molecule has 0 heterocycles. The van der Waals surface area contributed by atoms with E-state index in [0.717, 1.165) is 38.5 Å². The van der Waals surface area contributed by atoms with Gasteiger partial charge in [0.15, 0.2) is 0 Å². The SMILES string of the molecule is CCCCCCCCN(C(=O)O)c1ccccc1N(CCCCCCCC)C(=O)O. The molecule has 0 aromatic heterocycles. The summed E-state index contributed by atoms with van der Waals surface area (Å²) in [5, 5.41) is 19.5. The van der Waals surface area contributed by atoms with E-state index in [9.17, 15) is 19.8 Å². The maximum absolute atomic E-state index is 11.9. The van der Waals surface area contributed by atoms with Gasteiger partial charge in [0.1, 0.15) is 0 Å². The second-order valence-electron chi connectivity index (χ2n) is 7.89. The van der Waals surface area contributed by atoms with Crippen LogP contribution in [-0.2, 0) is 0 Å². The summed E-state index contributed by atoms with van der Waals surface area (Å²) in [5.41, 5.74) is 0.902. The van der Waals surface area contributed by atoms with Gasteiger partial charge in [-0.25, -0.2) is 9.59 Å². The van der Waals surface area contributed by atoms with E-state index in [4.69, 9.17) is 0 Å². The van der Waals surface area contributed by atoms with Gasteiger partial charge in [-0.05, 0) is 25.0 Å². The fourth-order valence-corrected chi connectivity index (χ4v) is 3.66. The van der Waals surface area contributed by atoms with Crippen LogP contribution in [0.25, 0.3) is 0 Å². The average Bonchev–Trinajstić information content (AvgIpc) is 2.72. The van der Waals surface area contributed by atoms with Crippen molar-refractivity contribution in [2.24, 2.45) is 0 Å². The van der Waals surface area contributed by atoms with Crippen LogP contribution < -0.4 is 9.80 Å². The number of rotatable bonds is 16. The van der Waals surface area contributed by atoms with Crippen molar-refractivity contribution >= 4 is 23.6 Å². The third kappa shape index (κ3) is 9.51. The number of para-hydroxylation sites is 2. The predicted molar refractivity (Wildman–Crippen MR) is 124 cm³/mol. The van der Waals surface area contributed by atoms with E-state index in [2.05, 4.69) is 13.8 Å². The highest BCUT2D eigenvalue weighted by Crippen LogP contribution is 2.30. The van der Waals surface area contributed by atoms with Crippen molar-refractivity contribution in [2.45, 2.75) is 90.9 Å². The van der Waals surface area contributed by atoms with E-state index < -0.39 is 12.2 Å². The second kappa shape index (κ2) is 15.6. The Morgan fingerprint density at radius 2 is 0.967 bits per heavy atom. The molecule has 0 atom stereocenters. The summed E-state index contributed by atoms with van der Waals surface area (Å²) in [4.78, 5) is 26.5. The molecule has 2 amide bonds. The van der Waals surface area contributed by atoms with Gasteiger partial charge >= 0.3 is 12.2 Å². The van der Waals surface area contributed by atoms with Crippen molar-refractivity contribution in [3.05, 3.63) is 24.3 Å². The van der Waals surface area contributed by atoms with Gasteiger partial charge in [-0.2, -0.15) is 0 Å². The Bertz CT molecular complexity index is 568. The molecule has 6 nitrogen and oxygen atoms in total. The van der Waals surface area contributed by atoms with Crippen molar-refractivity contribution in [3.8, 4) is 0 Å². The molecular formula is C24H40N2O4. The van der Waals surface area contributed by atoms with Gasteiger partial charge in [0.05, 0.1) is 11.4 Å². The van der Waals surface area contributed by atoms with E-state index in [1.54, 1.807) is 24.3 Å². The second-order valence-corrected chi connectivity index (χ2v) is 7.89. The van der Waals surface area contributed by atoms with Crippen LogP contribution in [0.1, 0.15) is 90.9 Å². The van der Waals surface area contributed by atoms with Crippen molar-refractivity contribution in [1.29, 1.82) is 0 Å². The Labute approximate surface area is 181 Å². The highest BCUT2D eigenvalue weighted by molar-refractivity contribution is 5.97. The molecule has 30 heavy (non-hydrogen) atoms. The first-order valence-corrected chi connectivity index (χ1v) is 11.6. The van der Waals surface area contributed by atoms with Gasteiger partial charge in [-0.1, -0.05) is 90.2 Å². The summed E-state index contributed by atoms with van der Waals surface area (Å²) < 4.78 is 0. The normalized spacial score (nSPS) is 10.7. The predicted octanol–water partition coefficient (Wildman–Crippen LogP) is 7.38. The van der Waals surface area contributed by atoms with Crippen molar-refractivity contribution in [1.82, 2.24) is 0 Å². The molecular weight excluding hydrogens is 380 g/mol. The molecule has 0 aliphatic heterocycles. The standard InChI is InChI=1S/C24H40N2O4/c1-3-5-7-9-11-15-19-25(23(27)28)21-17-13-14-18-22(21)26(24(29)30)20-16-12-10-8-6-4-2/h13-14,17-18H,3-12,15-16,19-20H2,1-2H3,(H,27,28)(H,29,30). The lowest BCUT2D eigenvalue weighted by Crippen LogP contribution is -2.35. The molecule has 170 valence electrons. The lowest BCUT2D eigenvalue weighted by atomic mass is 10.1. The number of hydrogen-bond donors (Lipinski definition) is 2. The number of unbranched alkanes of at least 4 members (excludes halogenated alkanes) is 10. The number of benzene rings is 1. The molecule has 0 saturated heterocycles. The van der Waals surface area contributed by atoms with Crippen LogP contribution in [0.3, 0.4) is 0 Å². The summed E-state index contributed by atoms with van der Waals surface area (Å²) in [6.45, 7) is 5.09. The minimum absolute atomic E-state index is 0.378. The van der Waals surface area contributed by atoms with Gasteiger partial charge in [-0.15, -0.1) is 0 Å². The Morgan fingerprint density at radius 3 is 1.30 bits per heavy atom. The summed E-state index contributed by atoms with van der Waals surface area (Å²) in [7, 11) is 0. The lowest BCUT2D eigenvalue weighted by molar-refractivity contribution is 0.199. The maximum atomic E-state index is 11.9. The molecule has 0 unspecified atom stereocenters. The summed E-state index contributed by atoms with van der Waals surface area (Å²) in [6.07, 6.45) is 10.7. The molecule has 0 bridgehead atoms. The molecule has 1 aromatic rings. The molecule has 0 saturated carbocycles. The van der Waals surface area contributed by atoms with Gasteiger partial charge in [0.25, 0.3) is 0 Å². The number of amides is 2. The monoisotopic (exact) mass is 420 g/mol. The molecule has 6 heteroatoms. The summed E-state index contributed by atoms with van der Waals surface area (Å²) in [5.74, 6) is 0. The zero-order valence-electron chi connectivity index (χ0n) is 18.8. The van der Waals surface area contributed by atoms with E-state index in [1.807, 2.05) is 0 Å². The number of anilines is 2. The lowest BCUT2D eigenvalue weighted by Gasteiger charge is -2.27. The third-order valence-corrected chi connectivity index (χ3v) is 5.40. The van der Waals surface area contributed by atoms with Crippen molar-refractivity contribution in [3.63, 3.8) is 0 Å². The van der Waals surface area contributed by atoms with Crippen LogP contribution in [-0.4, -0.2) is 35.5 Å². The van der Waals surface area contributed by atoms with E-state index in [0.29, 0.717) is 24.5 Å². The van der Waals surface area contributed by atoms with Crippen molar-refractivity contribution < 1.29 is 19.8 Å². The fourth-order valence-electron chi connectivity index (χ4n) is 3.66. The topological polar surface area (TPSA) is 81.1 Å². The first-order chi connectivity index (χ1) is 14.5. The first-order valence-electron chi connectivity index (χ1n) is 11.6. The molecule has 0 radical (unpaired) electrons. The highest BCUT2D eigenvalue weighted by Gasteiger charge is 2.23. The van der Waals surface area contributed by atoms with E-state index in [1.165, 1.54) is 48.3 Å². The van der Waals surface area contributed by atoms with E-state index >= 15 is 0 Å². The van der Waals surface area contributed by atoms with Crippen LogP contribution in [0.4, 0.5) is 21.0 Å². The molecule has 0 spiro atoms. The Morgan fingerprint density at radius 1 is 0.633 bits per heavy atom. The molecule has 0 aliphatic carbocycles. The summed E-state index contributed by atoms with van der Waals surface area (Å²) >= 11 is 0. The molecule has 0 fully saturated rings. The Balaban J connectivity index is 2.80. The zero-order chi connectivity index (χ0) is 22.2. The van der Waals surface area contributed by atoms with Crippen LogP contribution in [0.15, 0.2) is 24.3 Å². The summed E-state index contributed by atoms with van der Waals surface area (Å²) in [6, 6.07) is 6.94. The quantitative estimate of drug-likeness (QED) is 0.273. The minimum atomic E-state index is -1.04. The van der Waals surface area contributed by atoms with Gasteiger partial charge in [-0.3, -0.25) is 9.80 Å². The number of carbonyl (C=O) groups is 2. The maximum Gasteiger partial charge on any atom is 0.411 e. The average molecular weight is 421 g/mol. The van der Waals surface area contributed by atoms with Gasteiger partial charge < -0.3 is 10.2 Å². The van der Waals surface area contributed by atoms with Gasteiger partial charge in [0, 0.05) is 13.1 Å². The minimum Gasteiger partial charge on any atom is -0.465 e. The largest absolute Gasteiger partial charge is 0.465 e. The van der Waals surface area contributed by atoms with Crippen LogP contribution in [0.5, 0.6) is 0 Å². The number of hydrogen-bond acceptors (Lipinski definition) is 2. The number of carboxylic acid groups (broad SMARTS) is 2. The smallest absolute Gasteiger partial charge is 0.411 e. The Hall–Kier alpha value is -2.24. The first kappa shape index (κ1) is 25.8.